The number of alkyl carbamates (subject to hydrolysis) is 1. The summed E-state index contributed by atoms with van der Waals surface area (Å²) in [6, 6.07) is 6.82. The lowest BCUT2D eigenvalue weighted by Gasteiger charge is -2.27. The minimum Gasteiger partial charge on any atom is -0.450 e. The van der Waals surface area contributed by atoms with Gasteiger partial charge in [0.15, 0.2) is 0 Å². The number of carbonyl (C=O) groups is 2. The molecule has 2 atom stereocenters. The van der Waals surface area contributed by atoms with Crippen LogP contribution < -0.4 is 5.32 Å². The lowest BCUT2D eigenvalue weighted by atomic mass is 9.80. The molecule has 0 aromatic heterocycles. The van der Waals surface area contributed by atoms with Crippen LogP contribution in [-0.4, -0.2) is 25.5 Å². The smallest absolute Gasteiger partial charge is 0.407 e. The van der Waals surface area contributed by atoms with Crippen molar-refractivity contribution in [1.82, 2.24) is 5.32 Å². The van der Waals surface area contributed by atoms with Crippen LogP contribution in [0.25, 0.3) is 0 Å². The standard InChI is InChI=1S/C19H25NO3/c21-9-1-3-14-5-6-16-12-17(8-7-15(16)11-14)18-4-2-10-23-19(22)20-13-18/h7-9,12,14,18H,1-6,10-11,13H2,(H,20,22)/t14-,18-/m1/s1. The highest BCUT2D eigenvalue weighted by Crippen LogP contribution is 2.31. The minimum atomic E-state index is -0.300. The minimum absolute atomic E-state index is 0.300. The summed E-state index contributed by atoms with van der Waals surface area (Å²) in [6.07, 6.45) is 7.77. The van der Waals surface area contributed by atoms with Crippen LogP contribution in [-0.2, 0) is 22.4 Å². The largest absolute Gasteiger partial charge is 0.450 e. The first-order valence-corrected chi connectivity index (χ1v) is 8.72. The van der Waals surface area contributed by atoms with E-state index in [1.807, 2.05) is 0 Å². The van der Waals surface area contributed by atoms with Crippen molar-refractivity contribution in [3.8, 4) is 0 Å². The summed E-state index contributed by atoms with van der Waals surface area (Å²) in [6.45, 7) is 1.16. The summed E-state index contributed by atoms with van der Waals surface area (Å²) < 4.78 is 5.03. The van der Waals surface area contributed by atoms with Crippen molar-refractivity contribution in [3.63, 3.8) is 0 Å². The second-order valence-electron chi connectivity index (χ2n) is 6.74. The SMILES string of the molecule is O=CCC[C@@H]1CCc2cc([C@@H]3CCCOC(=O)NC3)ccc2C1. The van der Waals surface area contributed by atoms with Crippen LogP contribution >= 0.6 is 0 Å². The molecule has 1 N–H and O–H groups in total. The van der Waals surface area contributed by atoms with E-state index in [1.54, 1.807) is 0 Å². The molecule has 1 amide bonds. The van der Waals surface area contributed by atoms with Gasteiger partial charge in [-0.25, -0.2) is 4.79 Å². The molecule has 0 unspecified atom stereocenters. The van der Waals surface area contributed by atoms with Gasteiger partial charge in [-0.15, -0.1) is 0 Å². The molecule has 4 heteroatoms. The Labute approximate surface area is 137 Å². The summed E-state index contributed by atoms with van der Waals surface area (Å²) in [7, 11) is 0. The Morgan fingerprint density at radius 3 is 3.04 bits per heavy atom. The van der Waals surface area contributed by atoms with Gasteiger partial charge in [-0.2, -0.15) is 0 Å². The van der Waals surface area contributed by atoms with Crippen molar-refractivity contribution in [2.45, 2.75) is 50.9 Å². The molecule has 0 bridgehead atoms. The van der Waals surface area contributed by atoms with Crippen LogP contribution in [0, 0.1) is 5.92 Å². The number of hydrogen-bond donors (Lipinski definition) is 1. The van der Waals surface area contributed by atoms with E-state index in [0.717, 1.165) is 38.4 Å². The third-order valence-corrected chi connectivity index (χ3v) is 5.15. The zero-order valence-electron chi connectivity index (χ0n) is 13.6. The number of aryl methyl sites for hydroxylation is 1. The van der Waals surface area contributed by atoms with Crippen molar-refractivity contribution >= 4 is 12.4 Å². The number of nitrogens with one attached hydrogen (secondary N) is 1. The molecule has 1 heterocycles. The van der Waals surface area contributed by atoms with Gasteiger partial charge in [-0.05, 0) is 61.1 Å². The molecule has 0 saturated carbocycles. The first kappa shape index (κ1) is 16.0. The highest BCUT2D eigenvalue weighted by molar-refractivity contribution is 5.67. The summed E-state index contributed by atoms with van der Waals surface area (Å²) in [5.41, 5.74) is 4.22. The average Bonchev–Trinajstić information content (AvgIpc) is 2.56. The van der Waals surface area contributed by atoms with Gasteiger partial charge in [-0.1, -0.05) is 18.2 Å². The number of benzene rings is 1. The van der Waals surface area contributed by atoms with E-state index in [0.29, 0.717) is 31.4 Å². The van der Waals surface area contributed by atoms with Gasteiger partial charge in [0.05, 0.1) is 6.61 Å². The van der Waals surface area contributed by atoms with E-state index in [9.17, 15) is 9.59 Å². The number of cyclic esters (lactones) is 1. The highest BCUT2D eigenvalue weighted by atomic mass is 16.5. The number of aldehydes is 1. The van der Waals surface area contributed by atoms with E-state index >= 15 is 0 Å². The van der Waals surface area contributed by atoms with Gasteiger partial charge >= 0.3 is 6.09 Å². The Morgan fingerprint density at radius 1 is 1.26 bits per heavy atom. The Morgan fingerprint density at radius 2 is 2.17 bits per heavy atom. The van der Waals surface area contributed by atoms with E-state index < -0.39 is 0 Å². The maximum atomic E-state index is 11.4. The maximum absolute atomic E-state index is 11.4. The highest BCUT2D eigenvalue weighted by Gasteiger charge is 2.21. The Balaban J connectivity index is 1.68. The fourth-order valence-corrected chi connectivity index (χ4v) is 3.79. The molecular weight excluding hydrogens is 290 g/mol. The van der Waals surface area contributed by atoms with Gasteiger partial charge in [-0.3, -0.25) is 0 Å². The van der Waals surface area contributed by atoms with Crippen molar-refractivity contribution in [3.05, 3.63) is 34.9 Å². The lowest BCUT2D eigenvalue weighted by Crippen LogP contribution is -2.31. The molecule has 1 aliphatic heterocycles. The van der Waals surface area contributed by atoms with E-state index in [4.69, 9.17) is 4.74 Å². The first-order valence-electron chi connectivity index (χ1n) is 8.72. The summed E-state index contributed by atoms with van der Waals surface area (Å²) >= 11 is 0. The molecule has 124 valence electrons. The van der Waals surface area contributed by atoms with Crippen molar-refractivity contribution < 1.29 is 14.3 Å². The number of amides is 1. The van der Waals surface area contributed by atoms with Crippen LogP contribution in [0.4, 0.5) is 4.79 Å². The third-order valence-electron chi connectivity index (χ3n) is 5.15. The van der Waals surface area contributed by atoms with Crippen molar-refractivity contribution in [2.75, 3.05) is 13.2 Å². The van der Waals surface area contributed by atoms with Crippen molar-refractivity contribution in [2.24, 2.45) is 5.92 Å². The normalized spacial score (nSPS) is 24.6. The molecule has 1 aliphatic carbocycles. The molecule has 1 aromatic carbocycles. The number of ether oxygens (including phenoxy) is 1. The molecule has 23 heavy (non-hydrogen) atoms. The van der Waals surface area contributed by atoms with E-state index in [2.05, 4.69) is 23.5 Å². The molecule has 1 fully saturated rings. The van der Waals surface area contributed by atoms with Gasteiger partial charge in [0, 0.05) is 18.9 Å². The number of rotatable bonds is 4. The van der Waals surface area contributed by atoms with Gasteiger partial charge in [0.2, 0.25) is 0 Å². The van der Waals surface area contributed by atoms with E-state index in [1.165, 1.54) is 23.1 Å². The number of carbonyl (C=O) groups excluding carboxylic acids is 2. The maximum Gasteiger partial charge on any atom is 0.407 e. The van der Waals surface area contributed by atoms with Gasteiger partial charge in [0.25, 0.3) is 0 Å². The summed E-state index contributed by atoms with van der Waals surface area (Å²) in [4.78, 5) is 22.0. The Kier molecular flexibility index (Phi) is 5.31. The zero-order chi connectivity index (χ0) is 16.1. The second-order valence-corrected chi connectivity index (χ2v) is 6.74. The molecular formula is C19H25NO3. The van der Waals surface area contributed by atoms with Crippen molar-refractivity contribution in [1.29, 1.82) is 0 Å². The van der Waals surface area contributed by atoms with Gasteiger partial charge in [0.1, 0.15) is 6.29 Å². The predicted octanol–water partition coefficient (Wildman–Crippen LogP) is 3.37. The predicted molar refractivity (Wildman–Crippen MR) is 88.6 cm³/mol. The van der Waals surface area contributed by atoms with Crippen LogP contribution in [0.1, 0.15) is 54.7 Å². The Bertz CT molecular complexity index is 570. The molecule has 3 rings (SSSR count). The molecule has 2 aliphatic rings. The van der Waals surface area contributed by atoms with Crippen LogP contribution in [0.2, 0.25) is 0 Å². The monoisotopic (exact) mass is 315 g/mol. The first-order chi connectivity index (χ1) is 11.3. The summed E-state index contributed by atoms with van der Waals surface area (Å²) in [5, 5.41) is 2.85. The van der Waals surface area contributed by atoms with Gasteiger partial charge < -0.3 is 14.8 Å². The molecule has 1 saturated heterocycles. The molecule has 0 radical (unpaired) electrons. The fourth-order valence-electron chi connectivity index (χ4n) is 3.79. The lowest BCUT2D eigenvalue weighted by molar-refractivity contribution is -0.108. The van der Waals surface area contributed by atoms with Crippen LogP contribution in [0.15, 0.2) is 18.2 Å². The molecule has 4 nitrogen and oxygen atoms in total. The number of fused-ring (bicyclic) bond motifs is 1. The van der Waals surface area contributed by atoms with E-state index in [-0.39, 0.29) is 6.09 Å². The third kappa shape index (κ3) is 4.12. The second kappa shape index (κ2) is 7.62. The topological polar surface area (TPSA) is 55.4 Å². The molecule has 1 aromatic rings. The molecule has 0 spiro atoms. The Hall–Kier alpha value is -1.84. The fraction of sp³-hybridized carbons (Fsp3) is 0.579. The zero-order valence-corrected chi connectivity index (χ0v) is 13.6. The summed E-state index contributed by atoms with van der Waals surface area (Å²) in [5.74, 6) is 1.03. The van der Waals surface area contributed by atoms with Crippen LogP contribution in [0.3, 0.4) is 0 Å². The average molecular weight is 315 g/mol. The number of hydrogen-bond acceptors (Lipinski definition) is 3. The quantitative estimate of drug-likeness (QED) is 0.867. The van der Waals surface area contributed by atoms with Crippen LogP contribution in [0.5, 0.6) is 0 Å².